The van der Waals surface area contributed by atoms with Crippen LogP contribution in [0.1, 0.15) is 6.92 Å². The van der Waals surface area contributed by atoms with Crippen LogP contribution in [-0.4, -0.2) is 22.0 Å². The lowest BCUT2D eigenvalue weighted by atomic mass is 10.6. The molecule has 0 radical (unpaired) electrons. The van der Waals surface area contributed by atoms with Crippen LogP contribution < -0.4 is 5.32 Å². The van der Waals surface area contributed by atoms with Gasteiger partial charge in [-0.05, 0) is 12.1 Å². The van der Waals surface area contributed by atoms with Gasteiger partial charge >= 0.3 is 0 Å². The Bertz CT molecular complexity index is 215. The standard InChI is InChI=1S/C5H7ClN4/c1-2-7-5-3-4(6)8-10-9-5/h3H,2H2,1H3,(H,7,8,9). The number of hydrogen-bond donors (Lipinski definition) is 1. The Morgan fingerprint density at radius 3 is 3.00 bits per heavy atom. The van der Waals surface area contributed by atoms with Gasteiger partial charge in [0.1, 0.15) is 0 Å². The topological polar surface area (TPSA) is 50.7 Å². The number of anilines is 1. The lowest BCUT2D eigenvalue weighted by Crippen LogP contribution is -2.00. The van der Waals surface area contributed by atoms with Gasteiger partial charge < -0.3 is 5.32 Å². The van der Waals surface area contributed by atoms with Crippen molar-refractivity contribution in [3.63, 3.8) is 0 Å². The molecule has 0 unspecified atom stereocenters. The van der Waals surface area contributed by atoms with Crippen LogP contribution in [0.4, 0.5) is 5.82 Å². The molecule has 54 valence electrons. The van der Waals surface area contributed by atoms with Gasteiger partial charge in [-0.15, -0.1) is 10.2 Å². The summed E-state index contributed by atoms with van der Waals surface area (Å²) in [7, 11) is 0. The first kappa shape index (κ1) is 7.21. The van der Waals surface area contributed by atoms with E-state index in [2.05, 4.69) is 20.7 Å². The van der Waals surface area contributed by atoms with Crippen molar-refractivity contribution in [2.45, 2.75) is 6.92 Å². The van der Waals surface area contributed by atoms with Crippen LogP contribution in [0, 0.1) is 0 Å². The minimum absolute atomic E-state index is 0.353. The lowest BCUT2D eigenvalue weighted by Gasteiger charge is -1.97. The van der Waals surface area contributed by atoms with Crippen molar-refractivity contribution in [1.29, 1.82) is 0 Å². The number of nitrogens with one attached hydrogen (secondary N) is 1. The summed E-state index contributed by atoms with van der Waals surface area (Å²) in [4.78, 5) is 0. The first-order valence-electron chi connectivity index (χ1n) is 2.92. The zero-order valence-electron chi connectivity index (χ0n) is 5.50. The molecule has 1 heterocycles. The first-order chi connectivity index (χ1) is 4.83. The van der Waals surface area contributed by atoms with Crippen LogP contribution in [0.15, 0.2) is 6.07 Å². The van der Waals surface area contributed by atoms with Gasteiger partial charge in [0.05, 0.1) is 0 Å². The molecule has 1 rings (SSSR count). The average Bonchev–Trinajstić information content (AvgIpc) is 1.88. The number of rotatable bonds is 2. The first-order valence-corrected chi connectivity index (χ1v) is 3.30. The second-order valence-electron chi connectivity index (χ2n) is 1.67. The van der Waals surface area contributed by atoms with E-state index in [-0.39, 0.29) is 0 Å². The van der Waals surface area contributed by atoms with Gasteiger partial charge in [-0.25, -0.2) is 0 Å². The van der Waals surface area contributed by atoms with Crippen molar-refractivity contribution in [2.24, 2.45) is 0 Å². The van der Waals surface area contributed by atoms with Gasteiger partial charge in [0.2, 0.25) is 0 Å². The Balaban J connectivity index is 2.75. The molecule has 1 N–H and O–H groups in total. The Hall–Kier alpha value is -0.900. The molecule has 4 nitrogen and oxygen atoms in total. The Kier molecular flexibility index (Phi) is 2.39. The fourth-order valence-corrected chi connectivity index (χ4v) is 0.688. The minimum Gasteiger partial charge on any atom is -0.369 e. The fourth-order valence-electron chi connectivity index (χ4n) is 0.551. The molecule has 0 bridgehead atoms. The molecule has 0 aliphatic carbocycles. The Labute approximate surface area is 63.6 Å². The van der Waals surface area contributed by atoms with Gasteiger partial charge in [0, 0.05) is 12.6 Å². The van der Waals surface area contributed by atoms with Crippen LogP contribution in [0.3, 0.4) is 0 Å². The maximum absolute atomic E-state index is 5.53. The summed E-state index contributed by atoms with van der Waals surface area (Å²) in [5.41, 5.74) is 0. The quantitative estimate of drug-likeness (QED) is 0.697. The highest BCUT2D eigenvalue weighted by molar-refractivity contribution is 6.29. The van der Waals surface area contributed by atoms with Crippen molar-refractivity contribution in [3.8, 4) is 0 Å². The zero-order chi connectivity index (χ0) is 7.40. The molecule has 0 aromatic carbocycles. The van der Waals surface area contributed by atoms with E-state index < -0.39 is 0 Å². The summed E-state index contributed by atoms with van der Waals surface area (Å²) in [5.74, 6) is 0.655. The van der Waals surface area contributed by atoms with Gasteiger partial charge in [-0.2, -0.15) is 0 Å². The van der Waals surface area contributed by atoms with E-state index in [4.69, 9.17) is 11.6 Å². The molecule has 0 saturated heterocycles. The van der Waals surface area contributed by atoms with Crippen molar-refractivity contribution < 1.29 is 0 Å². The van der Waals surface area contributed by atoms with E-state index in [1.165, 1.54) is 0 Å². The average molecular weight is 159 g/mol. The van der Waals surface area contributed by atoms with Gasteiger partial charge in [-0.1, -0.05) is 11.6 Å². The normalized spacial score (nSPS) is 9.40. The van der Waals surface area contributed by atoms with Crippen molar-refractivity contribution in [1.82, 2.24) is 15.4 Å². The van der Waals surface area contributed by atoms with Gasteiger partial charge in [0.25, 0.3) is 0 Å². The number of halogens is 1. The third kappa shape index (κ3) is 1.80. The molecule has 10 heavy (non-hydrogen) atoms. The second kappa shape index (κ2) is 3.31. The molecule has 0 aliphatic heterocycles. The summed E-state index contributed by atoms with van der Waals surface area (Å²) in [5, 5.41) is 13.9. The Morgan fingerprint density at radius 1 is 1.60 bits per heavy atom. The van der Waals surface area contributed by atoms with E-state index in [0.717, 1.165) is 6.54 Å². The maximum Gasteiger partial charge on any atom is 0.157 e. The molecule has 1 aromatic heterocycles. The maximum atomic E-state index is 5.53. The summed E-state index contributed by atoms with van der Waals surface area (Å²) in [6, 6.07) is 1.62. The van der Waals surface area contributed by atoms with Crippen molar-refractivity contribution >= 4 is 17.4 Å². The molecule has 0 aliphatic rings. The van der Waals surface area contributed by atoms with E-state index in [9.17, 15) is 0 Å². The molecule has 0 fully saturated rings. The predicted molar refractivity (Wildman–Crippen MR) is 39.0 cm³/mol. The van der Waals surface area contributed by atoms with Gasteiger partial charge in [0.15, 0.2) is 11.0 Å². The summed E-state index contributed by atoms with van der Waals surface area (Å²) in [6.07, 6.45) is 0. The van der Waals surface area contributed by atoms with Crippen LogP contribution in [0.25, 0.3) is 0 Å². The smallest absolute Gasteiger partial charge is 0.157 e. The SMILES string of the molecule is CCNc1cc(Cl)nnn1. The largest absolute Gasteiger partial charge is 0.369 e. The summed E-state index contributed by atoms with van der Waals surface area (Å²) >= 11 is 5.53. The summed E-state index contributed by atoms with van der Waals surface area (Å²) in [6.45, 7) is 2.77. The van der Waals surface area contributed by atoms with Crippen LogP contribution in [0.2, 0.25) is 5.15 Å². The predicted octanol–water partition coefficient (Wildman–Crippen LogP) is 0.957. The molecular weight excluding hydrogens is 152 g/mol. The monoisotopic (exact) mass is 158 g/mol. The molecule has 0 spiro atoms. The zero-order valence-corrected chi connectivity index (χ0v) is 6.26. The van der Waals surface area contributed by atoms with E-state index >= 15 is 0 Å². The number of aromatic nitrogens is 3. The molecule has 0 saturated carbocycles. The summed E-state index contributed by atoms with van der Waals surface area (Å²) < 4.78 is 0. The number of hydrogen-bond acceptors (Lipinski definition) is 4. The Morgan fingerprint density at radius 2 is 2.40 bits per heavy atom. The van der Waals surface area contributed by atoms with Crippen LogP contribution >= 0.6 is 11.6 Å². The van der Waals surface area contributed by atoms with Crippen molar-refractivity contribution in [3.05, 3.63) is 11.2 Å². The third-order valence-electron chi connectivity index (χ3n) is 0.906. The molecule has 1 aromatic rings. The molecule has 5 heteroatoms. The fraction of sp³-hybridized carbons (Fsp3) is 0.400. The van der Waals surface area contributed by atoms with E-state index in [0.29, 0.717) is 11.0 Å². The molecular formula is C5H7ClN4. The van der Waals surface area contributed by atoms with E-state index in [1.54, 1.807) is 6.07 Å². The third-order valence-corrected chi connectivity index (χ3v) is 1.09. The van der Waals surface area contributed by atoms with Crippen LogP contribution in [-0.2, 0) is 0 Å². The second-order valence-corrected chi connectivity index (χ2v) is 2.06. The highest BCUT2D eigenvalue weighted by Gasteiger charge is 1.93. The highest BCUT2D eigenvalue weighted by atomic mass is 35.5. The minimum atomic E-state index is 0.353. The lowest BCUT2D eigenvalue weighted by molar-refractivity contribution is 0.864. The highest BCUT2D eigenvalue weighted by Crippen LogP contribution is 2.05. The van der Waals surface area contributed by atoms with Crippen molar-refractivity contribution in [2.75, 3.05) is 11.9 Å². The molecule has 0 atom stereocenters. The number of nitrogens with zero attached hydrogens (tertiary/aromatic N) is 3. The molecule has 0 amide bonds. The van der Waals surface area contributed by atoms with E-state index in [1.807, 2.05) is 6.92 Å². The van der Waals surface area contributed by atoms with Gasteiger partial charge in [-0.3, -0.25) is 0 Å². The van der Waals surface area contributed by atoms with Crippen LogP contribution in [0.5, 0.6) is 0 Å².